The van der Waals surface area contributed by atoms with E-state index in [1.165, 1.54) is 0 Å². The maximum atomic E-state index is 13.3. The molecule has 4 rings (SSSR count). The molecule has 1 unspecified atom stereocenters. The number of Topliss-reactive ketones (excluding diaryl/α,β-unsaturated/α-hetero) is 1. The van der Waals surface area contributed by atoms with Gasteiger partial charge >= 0.3 is 0 Å². The van der Waals surface area contributed by atoms with Crippen LogP contribution in [0.5, 0.6) is 5.75 Å². The minimum atomic E-state index is -0.699. The first kappa shape index (κ1) is 24.5. The number of likely N-dealkylation sites (tertiary alicyclic amines) is 1. The van der Waals surface area contributed by atoms with Gasteiger partial charge in [-0.1, -0.05) is 32.0 Å². The fourth-order valence-corrected chi connectivity index (χ4v) is 4.53. The summed E-state index contributed by atoms with van der Waals surface area (Å²) in [5, 5.41) is 12.3. The lowest BCUT2D eigenvalue weighted by atomic mass is 9.95. The van der Waals surface area contributed by atoms with Gasteiger partial charge in [0.2, 0.25) is 0 Å². The SMILES string of the molecule is COCCCN1C(=O)C(=O)/C(=C(/O)c2ccc(OCC(C)C)cc2)C1c1cn(C)c2ccccc12. The van der Waals surface area contributed by atoms with Crippen molar-refractivity contribution in [1.82, 2.24) is 9.47 Å². The number of aliphatic hydroxyl groups is 1. The second-order valence-electron chi connectivity index (χ2n) is 9.28. The summed E-state index contributed by atoms with van der Waals surface area (Å²) in [7, 11) is 3.53. The number of methoxy groups -OCH3 is 1. The van der Waals surface area contributed by atoms with Gasteiger partial charge in [-0.25, -0.2) is 0 Å². The van der Waals surface area contributed by atoms with Crippen LogP contribution in [0.3, 0.4) is 0 Å². The number of ketones is 1. The number of nitrogens with zero attached hydrogens (tertiary/aromatic N) is 2. The number of para-hydroxylation sites is 1. The smallest absolute Gasteiger partial charge is 0.295 e. The van der Waals surface area contributed by atoms with Gasteiger partial charge in [0.1, 0.15) is 11.5 Å². The van der Waals surface area contributed by atoms with E-state index in [1.807, 2.05) is 42.1 Å². The van der Waals surface area contributed by atoms with Crippen molar-refractivity contribution in [3.8, 4) is 5.75 Å². The average molecular weight is 477 g/mol. The molecule has 1 fully saturated rings. The summed E-state index contributed by atoms with van der Waals surface area (Å²) in [4.78, 5) is 28.0. The molecule has 0 bridgehead atoms. The molecule has 1 atom stereocenters. The second kappa shape index (κ2) is 10.4. The Kier molecular flexibility index (Phi) is 7.26. The third-order valence-corrected chi connectivity index (χ3v) is 6.22. The van der Waals surface area contributed by atoms with Gasteiger partial charge in [-0.3, -0.25) is 9.59 Å². The number of aryl methyl sites for hydroxylation is 1. The molecule has 184 valence electrons. The number of amides is 1. The number of rotatable bonds is 9. The number of carbonyl (C=O) groups is 2. The average Bonchev–Trinajstić information content (AvgIpc) is 3.31. The van der Waals surface area contributed by atoms with Gasteiger partial charge in [-0.15, -0.1) is 0 Å². The van der Waals surface area contributed by atoms with Crippen LogP contribution in [-0.2, 0) is 21.4 Å². The van der Waals surface area contributed by atoms with Crippen molar-refractivity contribution < 1.29 is 24.2 Å². The summed E-state index contributed by atoms with van der Waals surface area (Å²) < 4.78 is 12.9. The quantitative estimate of drug-likeness (QED) is 0.210. The van der Waals surface area contributed by atoms with Crippen LogP contribution >= 0.6 is 0 Å². The van der Waals surface area contributed by atoms with Crippen LogP contribution in [0.4, 0.5) is 0 Å². The Morgan fingerprint density at radius 1 is 1.09 bits per heavy atom. The number of aliphatic hydroxyl groups excluding tert-OH is 1. The van der Waals surface area contributed by atoms with Gasteiger partial charge in [0.25, 0.3) is 11.7 Å². The van der Waals surface area contributed by atoms with Gasteiger partial charge in [-0.2, -0.15) is 0 Å². The van der Waals surface area contributed by atoms with Crippen molar-refractivity contribution in [2.24, 2.45) is 13.0 Å². The monoisotopic (exact) mass is 476 g/mol. The Balaban J connectivity index is 1.80. The van der Waals surface area contributed by atoms with Crippen LogP contribution in [0.25, 0.3) is 16.7 Å². The molecule has 1 aliphatic rings. The maximum absolute atomic E-state index is 13.3. The van der Waals surface area contributed by atoms with Gasteiger partial charge in [0.15, 0.2) is 0 Å². The second-order valence-corrected chi connectivity index (χ2v) is 9.28. The number of aromatic nitrogens is 1. The van der Waals surface area contributed by atoms with E-state index in [0.29, 0.717) is 43.4 Å². The van der Waals surface area contributed by atoms with Crippen molar-refractivity contribution >= 4 is 28.4 Å². The molecule has 1 saturated heterocycles. The fraction of sp³-hybridized carbons (Fsp3) is 0.357. The van der Waals surface area contributed by atoms with E-state index < -0.39 is 17.7 Å². The number of fused-ring (bicyclic) bond motifs is 1. The topological polar surface area (TPSA) is 81.0 Å². The minimum Gasteiger partial charge on any atom is -0.507 e. The first-order valence-corrected chi connectivity index (χ1v) is 11.9. The Labute approximate surface area is 205 Å². The largest absolute Gasteiger partial charge is 0.507 e. The van der Waals surface area contributed by atoms with E-state index in [4.69, 9.17) is 9.47 Å². The zero-order chi connectivity index (χ0) is 25.1. The summed E-state index contributed by atoms with van der Waals surface area (Å²) in [6.07, 6.45) is 2.51. The predicted octanol–water partition coefficient (Wildman–Crippen LogP) is 4.67. The van der Waals surface area contributed by atoms with Crippen molar-refractivity contribution in [3.63, 3.8) is 0 Å². The molecule has 35 heavy (non-hydrogen) atoms. The summed E-state index contributed by atoms with van der Waals surface area (Å²) >= 11 is 0. The highest BCUT2D eigenvalue weighted by atomic mass is 16.5. The van der Waals surface area contributed by atoms with E-state index >= 15 is 0 Å². The minimum absolute atomic E-state index is 0.0969. The first-order chi connectivity index (χ1) is 16.8. The zero-order valence-electron chi connectivity index (χ0n) is 20.7. The lowest BCUT2D eigenvalue weighted by Crippen LogP contribution is -2.31. The van der Waals surface area contributed by atoms with E-state index in [1.54, 1.807) is 36.3 Å². The van der Waals surface area contributed by atoms with Gasteiger partial charge in [-0.05, 0) is 42.7 Å². The third kappa shape index (κ3) is 4.82. The van der Waals surface area contributed by atoms with Crippen molar-refractivity contribution in [2.75, 3.05) is 26.9 Å². The lowest BCUT2D eigenvalue weighted by molar-refractivity contribution is -0.140. The van der Waals surface area contributed by atoms with Crippen LogP contribution in [0.2, 0.25) is 0 Å². The summed E-state index contributed by atoms with van der Waals surface area (Å²) in [5.74, 6) is -0.417. The standard InChI is InChI=1S/C28H32N2O5/c1-18(2)17-35-20-12-10-19(11-13-20)26(31)24-25(30(14-7-15-34-4)28(33)27(24)32)22-16-29(3)23-9-6-5-8-21(22)23/h5-6,8-13,16,18,25,31H,7,14-15,17H2,1-4H3/b26-24+. The molecule has 0 radical (unpaired) electrons. The molecular weight excluding hydrogens is 444 g/mol. The molecule has 2 aromatic carbocycles. The normalized spacial score (nSPS) is 17.6. The molecule has 1 aliphatic heterocycles. The molecule has 0 spiro atoms. The van der Waals surface area contributed by atoms with Crippen LogP contribution in [0, 0.1) is 5.92 Å². The fourth-order valence-electron chi connectivity index (χ4n) is 4.53. The van der Waals surface area contributed by atoms with Crippen LogP contribution < -0.4 is 4.74 Å². The number of hydrogen-bond acceptors (Lipinski definition) is 5. The maximum Gasteiger partial charge on any atom is 0.295 e. The molecule has 7 nitrogen and oxygen atoms in total. The molecule has 2 heterocycles. The van der Waals surface area contributed by atoms with Crippen molar-refractivity contribution in [2.45, 2.75) is 26.3 Å². The van der Waals surface area contributed by atoms with Crippen LogP contribution in [0.15, 0.2) is 60.3 Å². The number of carbonyl (C=O) groups excluding carboxylic acids is 2. The Bertz CT molecular complexity index is 1260. The zero-order valence-corrected chi connectivity index (χ0v) is 20.7. The molecule has 7 heteroatoms. The highest BCUT2D eigenvalue weighted by Gasteiger charge is 2.46. The van der Waals surface area contributed by atoms with E-state index in [2.05, 4.69) is 13.8 Å². The molecule has 1 amide bonds. The highest BCUT2D eigenvalue weighted by Crippen LogP contribution is 2.42. The van der Waals surface area contributed by atoms with E-state index in [0.717, 1.165) is 16.5 Å². The van der Waals surface area contributed by atoms with Gasteiger partial charge in [0, 0.05) is 55.5 Å². The summed E-state index contributed by atoms with van der Waals surface area (Å²) in [6.45, 7) is 5.52. The van der Waals surface area contributed by atoms with E-state index in [9.17, 15) is 14.7 Å². The molecule has 0 aliphatic carbocycles. The molecular formula is C28H32N2O5. The van der Waals surface area contributed by atoms with Gasteiger partial charge in [0.05, 0.1) is 18.2 Å². The molecule has 0 saturated carbocycles. The number of ether oxygens (including phenoxy) is 2. The lowest BCUT2D eigenvalue weighted by Gasteiger charge is -2.24. The summed E-state index contributed by atoms with van der Waals surface area (Å²) in [6, 6.07) is 14.1. The Hall–Kier alpha value is -3.58. The number of benzene rings is 2. The number of hydrogen-bond donors (Lipinski definition) is 1. The highest BCUT2D eigenvalue weighted by molar-refractivity contribution is 6.46. The summed E-state index contributed by atoms with van der Waals surface area (Å²) in [5.41, 5.74) is 2.34. The Morgan fingerprint density at radius 2 is 1.80 bits per heavy atom. The molecule has 1 N–H and O–H groups in total. The molecule has 1 aromatic heterocycles. The van der Waals surface area contributed by atoms with Crippen molar-refractivity contribution in [3.05, 3.63) is 71.4 Å². The molecule has 3 aromatic rings. The van der Waals surface area contributed by atoms with Crippen LogP contribution in [-0.4, -0.2) is 53.1 Å². The van der Waals surface area contributed by atoms with Crippen LogP contribution in [0.1, 0.15) is 37.4 Å². The Morgan fingerprint density at radius 3 is 2.49 bits per heavy atom. The third-order valence-electron chi connectivity index (χ3n) is 6.22. The van der Waals surface area contributed by atoms with E-state index in [-0.39, 0.29) is 11.3 Å². The van der Waals surface area contributed by atoms with Crippen molar-refractivity contribution in [1.29, 1.82) is 0 Å². The first-order valence-electron chi connectivity index (χ1n) is 11.9. The van der Waals surface area contributed by atoms with Gasteiger partial charge < -0.3 is 24.0 Å². The predicted molar refractivity (Wildman–Crippen MR) is 135 cm³/mol.